The van der Waals surface area contributed by atoms with E-state index in [4.69, 9.17) is 10.8 Å². The van der Waals surface area contributed by atoms with Gasteiger partial charge in [0.2, 0.25) is 5.91 Å². The molecule has 2 unspecified atom stereocenters. The minimum Gasteiger partial charge on any atom is -0.479 e. The van der Waals surface area contributed by atoms with Gasteiger partial charge in [-0.2, -0.15) is 0 Å². The number of urea groups is 1. The maximum Gasteiger partial charge on any atom is 0.337 e. The minimum absolute atomic E-state index is 0.389. The molecule has 8 heteroatoms. The average Bonchev–Trinajstić information content (AvgIpc) is 2.30. The number of amides is 3. The van der Waals surface area contributed by atoms with Gasteiger partial charge in [0, 0.05) is 0 Å². The molecule has 0 heterocycles. The third kappa shape index (κ3) is 6.61. The van der Waals surface area contributed by atoms with Gasteiger partial charge >= 0.3 is 12.0 Å². The van der Waals surface area contributed by atoms with Crippen LogP contribution in [0.5, 0.6) is 0 Å². The van der Waals surface area contributed by atoms with Gasteiger partial charge in [0.05, 0.1) is 6.54 Å². The highest BCUT2D eigenvalue weighted by Gasteiger charge is 2.31. The van der Waals surface area contributed by atoms with Gasteiger partial charge in [-0.15, -0.1) is 0 Å². The summed E-state index contributed by atoms with van der Waals surface area (Å²) < 4.78 is 0. The van der Waals surface area contributed by atoms with Crippen LogP contribution in [0, 0.1) is 0 Å². The molecule has 0 radical (unpaired) electrons. The number of primary amides is 1. The van der Waals surface area contributed by atoms with Crippen LogP contribution < -0.4 is 16.4 Å². The summed E-state index contributed by atoms with van der Waals surface area (Å²) in [4.78, 5) is 33.2. The van der Waals surface area contributed by atoms with E-state index in [9.17, 15) is 19.5 Å². The van der Waals surface area contributed by atoms with Crippen LogP contribution in [-0.2, 0) is 9.59 Å². The number of hydrogen-bond acceptors (Lipinski definition) is 4. The van der Waals surface area contributed by atoms with Crippen LogP contribution in [0.1, 0.15) is 33.1 Å². The first-order valence-corrected chi connectivity index (χ1v) is 6.00. The van der Waals surface area contributed by atoms with Crippen molar-refractivity contribution in [1.29, 1.82) is 0 Å². The SMILES string of the molecule is CCCCC(NC(N)=O)C(=O)NCC(C)(O)C(=O)O. The van der Waals surface area contributed by atoms with Crippen molar-refractivity contribution in [2.24, 2.45) is 5.73 Å². The summed E-state index contributed by atoms with van der Waals surface area (Å²) in [6.07, 6.45) is 1.92. The zero-order valence-electron chi connectivity index (χ0n) is 11.1. The van der Waals surface area contributed by atoms with Crippen molar-refractivity contribution >= 4 is 17.9 Å². The van der Waals surface area contributed by atoms with Crippen LogP contribution in [0.25, 0.3) is 0 Å². The molecule has 0 saturated carbocycles. The van der Waals surface area contributed by atoms with E-state index in [1.165, 1.54) is 0 Å². The lowest BCUT2D eigenvalue weighted by atomic mass is 10.1. The Bertz CT molecular complexity index is 343. The lowest BCUT2D eigenvalue weighted by Crippen LogP contribution is -2.53. The third-order valence-corrected chi connectivity index (χ3v) is 2.55. The fourth-order valence-electron chi connectivity index (χ4n) is 1.31. The molecule has 2 atom stereocenters. The molecule has 19 heavy (non-hydrogen) atoms. The Morgan fingerprint density at radius 1 is 1.37 bits per heavy atom. The number of carboxylic acids is 1. The van der Waals surface area contributed by atoms with Crippen molar-refractivity contribution in [2.75, 3.05) is 6.54 Å². The number of unbranched alkanes of at least 4 members (excludes halogenated alkanes) is 1. The van der Waals surface area contributed by atoms with Crippen molar-refractivity contribution in [3.63, 3.8) is 0 Å². The van der Waals surface area contributed by atoms with E-state index in [1.807, 2.05) is 6.92 Å². The van der Waals surface area contributed by atoms with Gasteiger partial charge in [-0.3, -0.25) is 4.79 Å². The lowest BCUT2D eigenvalue weighted by molar-refractivity contribution is -0.156. The van der Waals surface area contributed by atoms with Gasteiger partial charge < -0.3 is 26.6 Å². The Morgan fingerprint density at radius 2 is 1.95 bits per heavy atom. The highest BCUT2D eigenvalue weighted by Crippen LogP contribution is 2.04. The van der Waals surface area contributed by atoms with Crippen molar-refractivity contribution in [3.8, 4) is 0 Å². The van der Waals surface area contributed by atoms with E-state index in [0.717, 1.165) is 13.3 Å². The number of rotatable bonds is 8. The van der Waals surface area contributed by atoms with Crippen molar-refractivity contribution < 1.29 is 24.6 Å². The largest absolute Gasteiger partial charge is 0.479 e. The van der Waals surface area contributed by atoms with E-state index in [1.54, 1.807) is 0 Å². The normalized spacial score (nSPS) is 15.1. The number of carbonyl (C=O) groups excluding carboxylic acids is 2. The zero-order valence-corrected chi connectivity index (χ0v) is 11.1. The van der Waals surface area contributed by atoms with E-state index in [-0.39, 0.29) is 0 Å². The standard InChI is InChI=1S/C11H21N3O5/c1-3-4-5-7(14-10(12)18)8(15)13-6-11(2,19)9(16)17/h7,19H,3-6H2,1-2H3,(H,13,15)(H,16,17)(H3,12,14,18). The Balaban J connectivity index is 4.46. The predicted molar refractivity (Wildman–Crippen MR) is 67.3 cm³/mol. The second-order valence-corrected chi connectivity index (χ2v) is 4.50. The summed E-state index contributed by atoms with van der Waals surface area (Å²) in [6, 6.07) is -1.66. The van der Waals surface area contributed by atoms with Crippen LogP contribution in [0.2, 0.25) is 0 Å². The molecule has 8 nitrogen and oxygen atoms in total. The molecule has 0 aliphatic carbocycles. The number of carbonyl (C=O) groups is 3. The molecule has 110 valence electrons. The molecule has 0 bridgehead atoms. The summed E-state index contributed by atoms with van der Waals surface area (Å²) in [5.74, 6) is -2.02. The maximum absolute atomic E-state index is 11.8. The number of nitrogens with one attached hydrogen (secondary N) is 2. The van der Waals surface area contributed by atoms with Crippen molar-refractivity contribution in [3.05, 3.63) is 0 Å². The minimum atomic E-state index is -2.06. The highest BCUT2D eigenvalue weighted by atomic mass is 16.4. The predicted octanol–water partition coefficient (Wildman–Crippen LogP) is -0.835. The number of aliphatic carboxylic acids is 1. The summed E-state index contributed by atoms with van der Waals surface area (Å²) in [6.45, 7) is 2.54. The van der Waals surface area contributed by atoms with Crippen LogP contribution in [0.15, 0.2) is 0 Å². The molecule has 0 aromatic heterocycles. The average molecular weight is 275 g/mol. The smallest absolute Gasteiger partial charge is 0.337 e. The first kappa shape index (κ1) is 17.2. The summed E-state index contributed by atoms with van der Waals surface area (Å²) in [5, 5.41) is 22.7. The van der Waals surface area contributed by atoms with Gasteiger partial charge in [0.15, 0.2) is 5.60 Å². The van der Waals surface area contributed by atoms with Crippen molar-refractivity contribution in [2.45, 2.75) is 44.8 Å². The van der Waals surface area contributed by atoms with Gasteiger partial charge in [-0.05, 0) is 13.3 Å². The maximum atomic E-state index is 11.8. The third-order valence-electron chi connectivity index (χ3n) is 2.55. The summed E-state index contributed by atoms with van der Waals surface area (Å²) in [7, 11) is 0. The Morgan fingerprint density at radius 3 is 2.37 bits per heavy atom. The van der Waals surface area contributed by atoms with Crippen molar-refractivity contribution in [1.82, 2.24) is 10.6 Å². The molecule has 0 fully saturated rings. The van der Waals surface area contributed by atoms with Gasteiger partial charge in [0.1, 0.15) is 6.04 Å². The van der Waals surface area contributed by atoms with E-state index < -0.39 is 36.1 Å². The molecule has 0 aromatic carbocycles. The highest BCUT2D eigenvalue weighted by molar-refractivity contribution is 5.87. The van der Waals surface area contributed by atoms with Gasteiger partial charge in [-0.1, -0.05) is 19.8 Å². The number of hydrogen-bond donors (Lipinski definition) is 5. The Labute approximate surface area is 111 Å². The summed E-state index contributed by atoms with van der Waals surface area (Å²) >= 11 is 0. The summed E-state index contributed by atoms with van der Waals surface area (Å²) in [5.41, 5.74) is 2.90. The molecule has 0 rings (SSSR count). The quantitative estimate of drug-likeness (QED) is 0.393. The molecule has 0 aliphatic heterocycles. The molecular weight excluding hydrogens is 254 g/mol. The van der Waals surface area contributed by atoms with Crippen LogP contribution in [0.4, 0.5) is 4.79 Å². The van der Waals surface area contributed by atoms with Gasteiger partial charge in [-0.25, -0.2) is 9.59 Å². The second kappa shape index (κ2) is 7.57. The Kier molecular flexibility index (Phi) is 6.84. The molecule has 0 aromatic rings. The van der Waals surface area contributed by atoms with E-state index in [0.29, 0.717) is 12.8 Å². The number of carboxylic acid groups (broad SMARTS) is 1. The fourth-order valence-corrected chi connectivity index (χ4v) is 1.31. The first-order valence-electron chi connectivity index (χ1n) is 6.00. The molecule has 3 amide bonds. The van der Waals surface area contributed by atoms with E-state index >= 15 is 0 Å². The van der Waals surface area contributed by atoms with Crippen LogP contribution in [0.3, 0.4) is 0 Å². The van der Waals surface area contributed by atoms with Gasteiger partial charge in [0.25, 0.3) is 0 Å². The first-order chi connectivity index (χ1) is 8.70. The molecule has 0 spiro atoms. The molecule has 0 aliphatic rings. The number of aliphatic hydroxyl groups is 1. The van der Waals surface area contributed by atoms with Crippen LogP contribution in [-0.4, -0.2) is 46.3 Å². The molecule has 0 saturated heterocycles. The zero-order chi connectivity index (χ0) is 15.1. The topological polar surface area (TPSA) is 142 Å². The fraction of sp³-hybridized carbons (Fsp3) is 0.727. The van der Waals surface area contributed by atoms with E-state index in [2.05, 4.69) is 10.6 Å². The lowest BCUT2D eigenvalue weighted by Gasteiger charge is -2.21. The molecular formula is C11H21N3O5. The second-order valence-electron chi connectivity index (χ2n) is 4.50. The van der Waals surface area contributed by atoms with Crippen LogP contribution >= 0.6 is 0 Å². The number of nitrogens with two attached hydrogens (primary N) is 1. The molecule has 6 N–H and O–H groups in total. The Hall–Kier alpha value is -1.83. The monoisotopic (exact) mass is 275 g/mol.